The zero-order valence-corrected chi connectivity index (χ0v) is 38.6. The summed E-state index contributed by atoms with van der Waals surface area (Å²) < 4.78 is 0. The topological polar surface area (TPSA) is 38.1 Å². The third-order valence-corrected chi connectivity index (χ3v) is 12.2. The second-order valence-corrected chi connectivity index (χ2v) is 16.5. The van der Waals surface area contributed by atoms with Gasteiger partial charge < -0.3 is 15.0 Å². The minimum Gasteiger partial charge on any atom is -0.309 e. The number of pyridine rings is 2. The molecular formula is C61H46IrN3. The fraction of sp³-hybridized carbons (Fsp3) is 0.0984. The van der Waals surface area contributed by atoms with E-state index < -0.39 is 0 Å². The number of nitrogens with zero attached hydrogens (tertiary/aromatic N) is 3. The molecule has 7 aromatic carbocycles. The van der Waals surface area contributed by atoms with E-state index in [-0.39, 0.29) is 20.1 Å². The van der Waals surface area contributed by atoms with E-state index in [0.29, 0.717) is 5.92 Å². The van der Waals surface area contributed by atoms with E-state index in [1.807, 2.05) is 48.9 Å². The fourth-order valence-electron chi connectivity index (χ4n) is 8.69. The molecule has 1 unspecified atom stereocenters. The first-order valence-corrected chi connectivity index (χ1v) is 22.1. The maximum atomic E-state index is 4.70. The average Bonchev–Trinajstić information content (AvgIpc) is 3.81. The van der Waals surface area contributed by atoms with Gasteiger partial charge in [-0.05, 0) is 86.9 Å². The maximum absolute atomic E-state index is 4.70. The van der Waals surface area contributed by atoms with Crippen molar-refractivity contribution >= 4 is 5.71 Å². The first kappa shape index (κ1) is 43.2. The van der Waals surface area contributed by atoms with Gasteiger partial charge in [0.25, 0.3) is 0 Å². The quantitative estimate of drug-likeness (QED) is 0.108. The van der Waals surface area contributed by atoms with Crippen LogP contribution in [0.3, 0.4) is 0 Å². The summed E-state index contributed by atoms with van der Waals surface area (Å²) in [6.45, 7) is 2.18. The molecule has 3 nitrogen and oxygen atoms in total. The summed E-state index contributed by atoms with van der Waals surface area (Å²) >= 11 is 0. The van der Waals surface area contributed by atoms with Crippen molar-refractivity contribution in [2.45, 2.75) is 32.6 Å². The number of aryl methyl sites for hydroxylation is 4. The van der Waals surface area contributed by atoms with Gasteiger partial charge in [-0.15, -0.1) is 94.5 Å². The third-order valence-electron chi connectivity index (χ3n) is 12.2. The molecule has 1 aliphatic rings. The van der Waals surface area contributed by atoms with Gasteiger partial charge in [0.05, 0.1) is 0 Å². The van der Waals surface area contributed by atoms with Gasteiger partial charge in [-0.25, -0.2) is 0 Å². The summed E-state index contributed by atoms with van der Waals surface area (Å²) in [4.78, 5) is 13.8. The molecule has 0 radical (unpaired) electrons. The molecule has 0 fully saturated rings. The van der Waals surface area contributed by atoms with Gasteiger partial charge in [-0.2, -0.15) is 0 Å². The van der Waals surface area contributed by atoms with Crippen molar-refractivity contribution < 1.29 is 20.1 Å². The Labute approximate surface area is 396 Å². The van der Waals surface area contributed by atoms with Crippen molar-refractivity contribution in [3.8, 4) is 67.0 Å². The minimum absolute atomic E-state index is 0. The molecule has 10 rings (SSSR count). The molecule has 2 aromatic heterocycles. The molecule has 0 aliphatic carbocycles. The molecule has 4 heteroatoms. The summed E-state index contributed by atoms with van der Waals surface area (Å²) in [5, 5.41) is 0. The molecule has 0 saturated heterocycles. The van der Waals surface area contributed by atoms with E-state index in [4.69, 9.17) is 4.98 Å². The number of aliphatic imine (C=N–C) groups is 1. The van der Waals surface area contributed by atoms with E-state index >= 15 is 0 Å². The number of benzene rings is 7. The normalized spacial score (nSPS) is 13.0. The van der Waals surface area contributed by atoms with Gasteiger partial charge in [-0.3, -0.25) is 0 Å². The van der Waals surface area contributed by atoms with Gasteiger partial charge in [0.1, 0.15) is 0 Å². The average molecular weight is 1010 g/mol. The second kappa shape index (κ2) is 20.2. The van der Waals surface area contributed by atoms with Crippen LogP contribution < -0.4 is 0 Å². The Bertz CT molecular complexity index is 3070. The molecule has 314 valence electrons. The molecule has 0 N–H and O–H groups in total. The van der Waals surface area contributed by atoms with E-state index in [0.717, 1.165) is 76.2 Å². The second-order valence-electron chi connectivity index (χ2n) is 16.5. The van der Waals surface area contributed by atoms with Crippen LogP contribution in [0.15, 0.2) is 212 Å². The van der Waals surface area contributed by atoms with Gasteiger partial charge in [-0.1, -0.05) is 164 Å². The van der Waals surface area contributed by atoms with E-state index in [1.54, 1.807) is 0 Å². The van der Waals surface area contributed by atoms with Crippen LogP contribution in [0.25, 0.3) is 67.0 Å². The molecule has 1 atom stereocenters. The fourth-order valence-corrected chi connectivity index (χ4v) is 8.69. The Morgan fingerprint density at radius 2 is 0.969 bits per heavy atom. The van der Waals surface area contributed by atoms with E-state index in [9.17, 15) is 0 Å². The van der Waals surface area contributed by atoms with Crippen molar-refractivity contribution in [2.24, 2.45) is 10.9 Å². The Hall–Kier alpha value is -7.10. The van der Waals surface area contributed by atoms with E-state index in [2.05, 4.69) is 193 Å². The molecule has 0 amide bonds. The van der Waals surface area contributed by atoms with Crippen LogP contribution in [-0.4, -0.2) is 15.7 Å². The predicted molar refractivity (Wildman–Crippen MR) is 264 cm³/mol. The zero-order valence-electron chi connectivity index (χ0n) is 36.2. The van der Waals surface area contributed by atoms with Crippen LogP contribution in [0.2, 0.25) is 0 Å². The molecular weight excluding hydrogens is 967 g/mol. The number of allylic oxidation sites excluding steroid dienone is 1. The van der Waals surface area contributed by atoms with Gasteiger partial charge in [0.2, 0.25) is 0 Å². The van der Waals surface area contributed by atoms with Crippen LogP contribution in [0.4, 0.5) is 0 Å². The molecule has 0 bridgehead atoms. The van der Waals surface area contributed by atoms with Crippen LogP contribution in [0.1, 0.15) is 34.7 Å². The first-order valence-electron chi connectivity index (χ1n) is 22.1. The molecule has 9 aromatic rings. The van der Waals surface area contributed by atoms with Crippen LogP contribution >= 0.6 is 0 Å². The number of aromatic nitrogens is 2. The summed E-state index contributed by atoms with van der Waals surface area (Å²) in [6.07, 6.45) is 11.3. The van der Waals surface area contributed by atoms with Crippen molar-refractivity contribution in [3.05, 3.63) is 253 Å². The van der Waals surface area contributed by atoms with Crippen LogP contribution in [-0.2, 0) is 45.8 Å². The maximum Gasteiger partial charge on any atom is 3.00 e. The molecule has 1 aliphatic heterocycles. The SMILES string of the molecule is CC1C=CN=C1c1[c-]cc(CCc2cc(CCc3c[c-]c(-c4ccccn4)cc3)cc(-c3ccccc3-c3c[c-]c(-c4ccccn4)cc3-c3ccc(-c4ccccc4)cc3)c2)cc1.[Ir+3]. The Morgan fingerprint density at radius 1 is 0.415 bits per heavy atom. The van der Waals surface area contributed by atoms with Crippen molar-refractivity contribution in [1.29, 1.82) is 0 Å². The first-order chi connectivity index (χ1) is 31.6. The standard InChI is InChI=1S/C61H46N3.Ir/c1-43-35-38-64-61(43)52-27-23-45(24-28-52)18-20-47-39-46(19-17-44-21-25-51(26-22-44)59-15-7-9-36-62-59)40-54(41-47)55-13-5-6-14-56(55)57-34-33-53(60-16-8-10-37-63-60)42-58(57)50-31-29-49(30-32-50)48-11-3-2-4-12-48;/h2-16,21-25,27,29-32,34-43H,17-20H2,1H3;/q-3;+3. The Balaban J connectivity index is 0.00000533. The number of hydrogen-bond donors (Lipinski definition) is 0. The van der Waals surface area contributed by atoms with E-state index in [1.165, 1.54) is 50.1 Å². The molecule has 3 heterocycles. The third kappa shape index (κ3) is 10.0. The monoisotopic (exact) mass is 1010 g/mol. The van der Waals surface area contributed by atoms with Crippen LogP contribution in [0.5, 0.6) is 0 Å². The summed E-state index contributed by atoms with van der Waals surface area (Å²) in [6, 6.07) is 75.7. The molecule has 0 spiro atoms. The smallest absolute Gasteiger partial charge is 0.309 e. The number of rotatable bonds is 13. The van der Waals surface area contributed by atoms with Crippen LogP contribution in [0, 0.1) is 24.1 Å². The Kier molecular flexibility index (Phi) is 13.4. The predicted octanol–water partition coefficient (Wildman–Crippen LogP) is 14.4. The van der Waals surface area contributed by atoms with Gasteiger partial charge in [0, 0.05) is 18.6 Å². The number of hydrogen-bond acceptors (Lipinski definition) is 3. The molecule has 0 saturated carbocycles. The van der Waals surface area contributed by atoms with Gasteiger partial charge >= 0.3 is 20.1 Å². The Morgan fingerprint density at radius 3 is 1.57 bits per heavy atom. The van der Waals surface area contributed by atoms with Gasteiger partial charge in [0.15, 0.2) is 0 Å². The summed E-state index contributed by atoms with van der Waals surface area (Å²) in [5.41, 5.74) is 20.5. The largest absolute Gasteiger partial charge is 3.00 e. The van der Waals surface area contributed by atoms with Crippen molar-refractivity contribution in [3.63, 3.8) is 0 Å². The summed E-state index contributed by atoms with van der Waals surface area (Å²) in [7, 11) is 0. The molecule has 65 heavy (non-hydrogen) atoms. The summed E-state index contributed by atoms with van der Waals surface area (Å²) in [5.74, 6) is 0.316. The minimum atomic E-state index is 0. The van der Waals surface area contributed by atoms with Crippen molar-refractivity contribution in [2.75, 3.05) is 0 Å². The zero-order chi connectivity index (χ0) is 43.1. The van der Waals surface area contributed by atoms with Crippen molar-refractivity contribution in [1.82, 2.24) is 9.97 Å².